The molecule has 0 N–H and O–H groups in total. The number of ether oxygens (including phenoxy) is 2. The molecule has 5 rings (SSSR count). The number of esters is 1. The minimum absolute atomic E-state index is 0.0165. The van der Waals surface area contributed by atoms with Crippen LogP contribution in [0.5, 0.6) is 5.75 Å². The van der Waals surface area contributed by atoms with Crippen LogP contribution in [0.2, 0.25) is 0 Å². The minimum Gasteiger partial charge on any atom is -0.423 e. The highest BCUT2D eigenvalue weighted by Crippen LogP contribution is 2.34. The predicted molar refractivity (Wildman–Crippen MR) is 127 cm³/mol. The first-order valence-electron chi connectivity index (χ1n) is 11.0. The third-order valence-electron chi connectivity index (χ3n) is 5.93. The SMILES string of the molecule is C=Cc1ccc(-c2ccc(-c3ccc(OC(=O)c4ccc(C5CO5)c(F)c4F)cc3)c(F)c2F)cc1. The van der Waals surface area contributed by atoms with Gasteiger partial charge in [0.1, 0.15) is 11.9 Å². The van der Waals surface area contributed by atoms with Crippen LogP contribution in [-0.2, 0) is 4.74 Å². The molecular formula is C29H18F4O3. The van der Waals surface area contributed by atoms with E-state index in [0.717, 1.165) is 11.6 Å². The number of hydrogen-bond donors (Lipinski definition) is 0. The highest BCUT2D eigenvalue weighted by Gasteiger charge is 2.31. The van der Waals surface area contributed by atoms with Gasteiger partial charge in [-0.2, -0.15) is 0 Å². The van der Waals surface area contributed by atoms with Gasteiger partial charge < -0.3 is 9.47 Å². The Labute approximate surface area is 204 Å². The largest absolute Gasteiger partial charge is 0.423 e. The Morgan fingerprint density at radius 2 is 1.33 bits per heavy atom. The molecule has 0 aromatic heterocycles. The average Bonchev–Trinajstić information content (AvgIpc) is 3.73. The van der Waals surface area contributed by atoms with Gasteiger partial charge in [-0.3, -0.25) is 0 Å². The smallest absolute Gasteiger partial charge is 0.346 e. The number of epoxide rings is 1. The zero-order valence-corrected chi connectivity index (χ0v) is 18.7. The van der Waals surface area contributed by atoms with Gasteiger partial charge in [-0.05, 0) is 34.9 Å². The first-order valence-corrected chi connectivity index (χ1v) is 11.0. The number of carbonyl (C=O) groups is 1. The number of rotatable bonds is 6. The summed E-state index contributed by atoms with van der Waals surface area (Å²) in [5.74, 6) is -5.56. The molecule has 1 aliphatic rings. The monoisotopic (exact) mass is 490 g/mol. The molecule has 36 heavy (non-hydrogen) atoms. The summed E-state index contributed by atoms with van der Waals surface area (Å²) >= 11 is 0. The molecule has 1 heterocycles. The van der Waals surface area contributed by atoms with Crippen LogP contribution >= 0.6 is 0 Å². The summed E-state index contributed by atoms with van der Waals surface area (Å²) in [5.41, 5.74) is 1.33. The Kier molecular flexibility index (Phi) is 6.16. The summed E-state index contributed by atoms with van der Waals surface area (Å²) in [7, 11) is 0. The Balaban J connectivity index is 1.35. The van der Waals surface area contributed by atoms with Crippen LogP contribution < -0.4 is 4.74 Å². The fraction of sp³-hybridized carbons (Fsp3) is 0.0690. The predicted octanol–water partition coefficient (Wildman–Crippen LogP) is 7.51. The average molecular weight is 490 g/mol. The fourth-order valence-corrected chi connectivity index (χ4v) is 3.86. The molecule has 0 spiro atoms. The van der Waals surface area contributed by atoms with Crippen LogP contribution in [0.1, 0.15) is 27.6 Å². The van der Waals surface area contributed by atoms with E-state index in [2.05, 4.69) is 6.58 Å². The molecule has 4 aromatic rings. The molecule has 4 aromatic carbocycles. The van der Waals surface area contributed by atoms with Gasteiger partial charge in [0.05, 0.1) is 12.2 Å². The van der Waals surface area contributed by atoms with Gasteiger partial charge in [0.25, 0.3) is 0 Å². The van der Waals surface area contributed by atoms with Crippen LogP contribution in [0.4, 0.5) is 17.6 Å². The summed E-state index contributed by atoms with van der Waals surface area (Å²) in [6.07, 6.45) is 1.15. The van der Waals surface area contributed by atoms with E-state index in [1.54, 1.807) is 30.3 Å². The van der Waals surface area contributed by atoms with E-state index in [4.69, 9.17) is 9.47 Å². The summed E-state index contributed by atoms with van der Waals surface area (Å²) in [4.78, 5) is 12.4. The second-order valence-electron chi connectivity index (χ2n) is 8.18. The van der Waals surface area contributed by atoms with Crippen LogP contribution in [-0.4, -0.2) is 12.6 Å². The molecule has 1 unspecified atom stereocenters. The third-order valence-corrected chi connectivity index (χ3v) is 5.93. The molecule has 7 heteroatoms. The zero-order chi connectivity index (χ0) is 25.4. The molecular weight excluding hydrogens is 472 g/mol. The Morgan fingerprint density at radius 3 is 1.86 bits per heavy atom. The standard InChI is InChI=1S/C29H18F4O3/c1-2-16-3-5-17(6-4-16)20-11-12-21(26(31)25(20)30)18-7-9-19(10-8-18)36-29(34)23-14-13-22(24-15-35-24)27(32)28(23)33/h2-14,24H,1,15H2. The van der Waals surface area contributed by atoms with Crippen molar-refractivity contribution in [3.63, 3.8) is 0 Å². The van der Waals surface area contributed by atoms with Crippen molar-refractivity contribution in [3.05, 3.63) is 119 Å². The second kappa shape index (κ2) is 9.43. The van der Waals surface area contributed by atoms with Gasteiger partial charge in [0, 0.05) is 16.7 Å². The van der Waals surface area contributed by atoms with Crippen LogP contribution in [0.3, 0.4) is 0 Å². The molecule has 3 nitrogen and oxygen atoms in total. The molecule has 180 valence electrons. The molecule has 1 atom stereocenters. The lowest BCUT2D eigenvalue weighted by Gasteiger charge is -2.11. The van der Waals surface area contributed by atoms with Gasteiger partial charge in [-0.25, -0.2) is 22.4 Å². The first-order chi connectivity index (χ1) is 17.4. The maximum atomic E-state index is 14.9. The third kappa shape index (κ3) is 4.41. The molecule has 0 aliphatic carbocycles. The van der Waals surface area contributed by atoms with Crippen LogP contribution in [0.15, 0.2) is 79.4 Å². The fourth-order valence-electron chi connectivity index (χ4n) is 3.86. The minimum atomic E-state index is -1.32. The van der Waals surface area contributed by atoms with Crippen molar-refractivity contribution in [3.8, 4) is 28.0 Å². The first kappa shape index (κ1) is 23.5. The number of benzene rings is 4. The quantitative estimate of drug-likeness (QED) is 0.122. The second-order valence-corrected chi connectivity index (χ2v) is 8.18. The molecule has 0 bridgehead atoms. The number of carbonyl (C=O) groups excluding carboxylic acids is 1. The van der Waals surface area contributed by atoms with Gasteiger partial charge in [-0.15, -0.1) is 0 Å². The van der Waals surface area contributed by atoms with E-state index in [1.165, 1.54) is 42.5 Å². The topological polar surface area (TPSA) is 38.8 Å². The molecule has 0 amide bonds. The summed E-state index contributed by atoms with van der Waals surface area (Å²) in [5, 5.41) is 0. The lowest BCUT2D eigenvalue weighted by Crippen LogP contribution is -2.12. The number of halogens is 4. The Morgan fingerprint density at radius 1 is 0.778 bits per heavy atom. The van der Waals surface area contributed by atoms with Crippen molar-refractivity contribution in [1.29, 1.82) is 0 Å². The van der Waals surface area contributed by atoms with E-state index >= 15 is 0 Å². The molecule has 1 saturated heterocycles. The summed E-state index contributed by atoms with van der Waals surface area (Å²) in [6.45, 7) is 3.96. The lowest BCUT2D eigenvalue weighted by molar-refractivity contribution is 0.0728. The molecule has 0 radical (unpaired) electrons. The van der Waals surface area contributed by atoms with Gasteiger partial charge in [0.15, 0.2) is 23.3 Å². The van der Waals surface area contributed by atoms with Crippen molar-refractivity contribution in [1.82, 2.24) is 0 Å². The molecule has 0 saturated carbocycles. The summed E-state index contributed by atoms with van der Waals surface area (Å²) < 4.78 is 68.4. The van der Waals surface area contributed by atoms with Crippen molar-refractivity contribution in [2.45, 2.75) is 6.10 Å². The maximum absolute atomic E-state index is 14.9. The normalized spacial score (nSPS) is 14.4. The van der Waals surface area contributed by atoms with Crippen molar-refractivity contribution in [2.75, 3.05) is 6.61 Å². The number of hydrogen-bond acceptors (Lipinski definition) is 3. The zero-order valence-electron chi connectivity index (χ0n) is 18.7. The molecule has 1 fully saturated rings. The summed E-state index contributed by atoms with van der Waals surface area (Å²) in [6, 6.07) is 17.8. The molecule has 1 aliphatic heterocycles. The lowest BCUT2D eigenvalue weighted by atomic mass is 9.98. The van der Waals surface area contributed by atoms with Crippen molar-refractivity contribution in [2.24, 2.45) is 0 Å². The van der Waals surface area contributed by atoms with E-state index < -0.39 is 40.9 Å². The van der Waals surface area contributed by atoms with Crippen LogP contribution in [0.25, 0.3) is 28.3 Å². The van der Waals surface area contributed by atoms with Crippen molar-refractivity contribution >= 4 is 12.0 Å². The highest BCUT2D eigenvalue weighted by atomic mass is 19.2. The van der Waals surface area contributed by atoms with Gasteiger partial charge in [-0.1, -0.05) is 67.3 Å². The van der Waals surface area contributed by atoms with E-state index in [0.29, 0.717) is 17.7 Å². The Bertz CT molecular complexity index is 1470. The van der Waals surface area contributed by atoms with Gasteiger partial charge in [0.2, 0.25) is 0 Å². The maximum Gasteiger partial charge on any atom is 0.346 e. The van der Waals surface area contributed by atoms with Gasteiger partial charge >= 0.3 is 5.97 Å². The van der Waals surface area contributed by atoms with E-state index in [9.17, 15) is 22.4 Å². The van der Waals surface area contributed by atoms with Crippen molar-refractivity contribution < 1.29 is 31.8 Å². The van der Waals surface area contributed by atoms with Crippen LogP contribution in [0, 0.1) is 23.3 Å². The van der Waals surface area contributed by atoms with E-state index in [1.807, 2.05) is 0 Å². The highest BCUT2D eigenvalue weighted by molar-refractivity contribution is 5.91. The van der Waals surface area contributed by atoms with E-state index in [-0.39, 0.29) is 22.4 Å². The Hall–Kier alpha value is -4.23.